The number of likely N-dealkylation sites (N-methyl/N-ethyl adjacent to an activating group) is 1. The van der Waals surface area contributed by atoms with Gasteiger partial charge < -0.3 is 9.80 Å². The summed E-state index contributed by atoms with van der Waals surface area (Å²) in [6, 6.07) is 25.5. The Morgan fingerprint density at radius 1 is 0.769 bits per heavy atom. The second-order valence-corrected chi connectivity index (χ2v) is 10.2. The highest BCUT2D eigenvalue weighted by Gasteiger charge is 2.17. The summed E-state index contributed by atoms with van der Waals surface area (Å²) in [5.74, 6) is 0. The summed E-state index contributed by atoms with van der Waals surface area (Å²) >= 11 is 0. The van der Waals surface area contributed by atoms with Crippen LogP contribution in [0.15, 0.2) is 91.4 Å². The molecule has 7 heteroatoms. The number of rotatable bonds is 4. The van der Waals surface area contributed by atoms with Crippen LogP contribution in [0.3, 0.4) is 0 Å². The minimum absolute atomic E-state index is 0.808. The second kappa shape index (κ2) is 9.60. The quantitative estimate of drug-likeness (QED) is 0.301. The third-order valence-corrected chi connectivity index (χ3v) is 7.67. The Kier molecular flexibility index (Phi) is 5.78. The molecule has 0 atom stereocenters. The zero-order valence-corrected chi connectivity index (χ0v) is 22.1. The van der Waals surface area contributed by atoms with Crippen LogP contribution in [0.25, 0.3) is 50.2 Å². The number of pyridine rings is 2. The first kappa shape index (κ1) is 23.5. The maximum Gasteiger partial charge on any atom is 0.154 e. The van der Waals surface area contributed by atoms with E-state index in [1.165, 1.54) is 5.69 Å². The molecular weight excluding hydrogens is 482 g/mol. The second-order valence-electron chi connectivity index (χ2n) is 10.2. The molecule has 39 heavy (non-hydrogen) atoms. The van der Waals surface area contributed by atoms with E-state index in [-0.39, 0.29) is 0 Å². The van der Waals surface area contributed by atoms with Gasteiger partial charge in [0.15, 0.2) is 5.65 Å². The van der Waals surface area contributed by atoms with E-state index in [0.29, 0.717) is 0 Å². The van der Waals surface area contributed by atoms with Crippen molar-refractivity contribution in [3.05, 3.63) is 97.1 Å². The Morgan fingerprint density at radius 3 is 2.44 bits per heavy atom. The van der Waals surface area contributed by atoms with Crippen molar-refractivity contribution in [2.45, 2.75) is 6.92 Å². The van der Waals surface area contributed by atoms with Gasteiger partial charge in [0.05, 0.1) is 23.1 Å². The molecule has 0 amide bonds. The monoisotopic (exact) mass is 511 g/mol. The van der Waals surface area contributed by atoms with Gasteiger partial charge in [0.1, 0.15) is 5.69 Å². The maximum atomic E-state index is 5.01. The van der Waals surface area contributed by atoms with Gasteiger partial charge in [-0.1, -0.05) is 30.3 Å². The molecule has 1 fully saturated rings. The van der Waals surface area contributed by atoms with E-state index in [2.05, 4.69) is 83.4 Å². The third kappa shape index (κ3) is 4.41. The number of benzene rings is 2. The van der Waals surface area contributed by atoms with Gasteiger partial charge in [-0.3, -0.25) is 4.98 Å². The predicted octanol–water partition coefficient (Wildman–Crippen LogP) is 5.73. The fraction of sp³-hybridized carbons (Fsp3) is 0.188. The summed E-state index contributed by atoms with van der Waals surface area (Å²) < 4.78 is 1.91. The van der Waals surface area contributed by atoms with Crippen LogP contribution in [0, 0.1) is 6.92 Å². The van der Waals surface area contributed by atoms with Gasteiger partial charge in [-0.05, 0) is 73.1 Å². The first-order chi connectivity index (χ1) is 19.1. The number of nitrogens with zero attached hydrogens (tertiary/aromatic N) is 7. The van der Waals surface area contributed by atoms with E-state index in [9.17, 15) is 0 Å². The molecular formula is C32H29N7. The van der Waals surface area contributed by atoms with Crippen LogP contribution in [0.4, 0.5) is 5.69 Å². The first-order valence-corrected chi connectivity index (χ1v) is 13.3. The Morgan fingerprint density at radius 2 is 1.59 bits per heavy atom. The highest BCUT2D eigenvalue weighted by atomic mass is 15.3. The molecule has 0 N–H and O–H groups in total. The minimum atomic E-state index is 0.808. The molecule has 0 unspecified atom stereocenters. The van der Waals surface area contributed by atoms with Crippen LogP contribution >= 0.6 is 0 Å². The largest absolute Gasteiger partial charge is 0.369 e. The lowest BCUT2D eigenvalue weighted by molar-refractivity contribution is 0.313. The van der Waals surface area contributed by atoms with Crippen molar-refractivity contribution in [2.75, 3.05) is 38.1 Å². The van der Waals surface area contributed by atoms with Crippen molar-refractivity contribution in [1.82, 2.24) is 29.5 Å². The Labute approximate surface area is 227 Å². The number of piperazine rings is 1. The molecule has 0 radical (unpaired) electrons. The number of imidazole rings is 1. The van der Waals surface area contributed by atoms with Crippen LogP contribution in [-0.2, 0) is 0 Å². The fourth-order valence-corrected chi connectivity index (χ4v) is 5.39. The van der Waals surface area contributed by atoms with E-state index in [4.69, 9.17) is 15.1 Å². The lowest BCUT2D eigenvalue weighted by atomic mass is 10.0. The molecule has 7 nitrogen and oxygen atoms in total. The summed E-state index contributed by atoms with van der Waals surface area (Å²) in [6.45, 7) is 6.32. The zero-order valence-electron chi connectivity index (χ0n) is 22.1. The number of anilines is 1. The molecule has 0 saturated carbocycles. The SMILES string of the molecule is Cc1nn2c(-c3ccc4ccc(-c5ccncc5)cc4n3)cnc2cc1-c1cccc(N2CCN(C)CC2)c1. The number of aromatic nitrogens is 5. The van der Waals surface area contributed by atoms with Gasteiger partial charge >= 0.3 is 0 Å². The minimum Gasteiger partial charge on any atom is -0.369 e. The van der Waals surface area contributed by atoms with Crippen LogP contribution in [0.1, 0.15) is 5.69 Å². The van der Waals surface area contributed by atoms with Gasteiger partial charge in [0.25, 0.3) is 0 Å². The number of fused-ring (bicyclic) bond motifs is 2. The van der Waals surface area contributed by atoms with Gasteiger partial charge in [-0.15, -0.1) is 0 Å². The lowest BCUT2D eigenvalue weighted by Gasteiger charge is -2.34. The average molecular weight is 512 g/mol. The molecule has 4 aromatic heterocycles. The molecule has 7 rings (SSSR count). The summed E-state index contributed by atoms with van der Waals surface area (Å²) in [4.78, 5) is 18.7. The normalized spacial score (nSPS) is 14.4. The maximum absolute atomic E-state index is 5.01. The highest BCUT2D eigenvalue weighted by molar-refractivity contribution is 5.86. The summed E-state index contributed by atoms with van der Waals surface area (Å²) in [5.41, 5.74) is 10.2. The molecule has 0 aliphatic carbocycles. The molecule has 6 aromatic rings. The Balaban J connectivity index is 1.24. The molecule has 192 valence electrons. The van der Waals surface area contributed by atoms with Crippen LogP contribution < -0.4 is 4.90 Å². The molecule has 2 aromatic carbocycles. The first-order valence-electron chi connectivity index (χ1n) is 13.3. The van der Waals surface area contributed by atoms with Crippen LogP contribution in [0.2, 0.25) is 0 Å². The molecule has 1 saturated heterocycles. The highest BCUT2D eigenvalue weighted by Crippen LogP contribution is 2.30. The van der Waals surface area contributed by atoms with E-state index in [0.717, 1.165) is 82.1 Å². The molecule has 0 spiro atoms. The summed E-state index contributed by atoms with van der Waals surface area (Å²) in [6.07, 6.45) is 5.49. The summed E-state index contributed by atoms with van der Waals surface area (Å²) in [5, 5.41) is 6.07. The van der Waals surface area contributed by atoms with Gasteiger partial charge in [-0.2, -0.15) is 5.10 Å². The van der Waals surface area contributed by atoms with Crippen LogP contribution in [0.5, 0.6) is 0 Å². The van der Waals surface area contributed by atoms with Crippen molar-refractivity contribution in [2.24, 2.45) is 0 Å². The van der Waals surface area contributed by atoms with Crippen molar-refractivity contribution in [3.63, 3.8) is 0 Å². The van der Waals surface area contributed by atoms with Crippen molar-refractivity contribution in [3.8, 4) is 33.6 Å². The van der Waals surface area contributed by atoms with E-state index >= 15 is 0 Å². The Hall–Kier alpha value is -4.62. The predicted molar refractivity (Wildman–Crippen MR) is 157 cm³/mol. The van der Waals surface area contributed by atoms with Gasteiger partial charge in [0.2, 0.25) is 0 Å². The van der Waals surface area contributed by atoms with Gasteiger partial charge in [0, 0.05) is 55.2 Å². The standard InChI is InChI=1S/C32H29N7/c1-22-28(26-4-3-5-27(18-26)38-16-14-37(2)15-17-38)20-32-34-21-31(39(32)36-22)29-9-8-24-6-7-25(19-30(24)35-29)23-10-12-33-13-11-23/h3-13,18-21H,14-17H2,1-2H3. The van der Waals surface area contributed by atoms with Crippen molar-refractivity contribution < 1.29 is 0 Å². The topological polar surface area (TPSA) is 62.5 Å². The third-order valence-electron chi connectivity index (χ3n) is 7.67. The van der Waals surface area contributed by atoms with Crippen molar-refractivity contribution in [1.29, 1.82) is 0 Å². The van der Waals surface area contributed by atoms with Gasteiger partial charge in [-0.25, -0.2) is 14.5 Å². The molecule has 5 heterocycles. The summed E-state index contributed by atoms with van der Waals surface area (Å²) in [7, 11) is 2.18. The lowest BCUT2D eigenvalue weighted by Crippen LogP contribution is -2.44. The molecule has 1 aliphatic rings. The number of hydrogen-bond acceptors (Lipinski definition) is 6. The van der Waals surface area contributed by atoms with E-state index in [1.807, 2.05) is 41.3 Å². The Bertz CT molecular complexity index is 1800. The smallest absolute Gasteiger partial charge is 0.154 e. The van der Waals surface area contributed by atoms with Crippen LogP contribution in [-0.4, -0.2) is 62.7 Å². The molecule has 0 bridgehead atoms. The number of hydrogen-bond donors (Lipinski definition) is 0. The van der Waals surface area contributed by atoms with Crippen molar-refractivity contribution >= 4 is 22.2 Å². The fourth-order valence-electron chi connectivity index (χ4n) is 5.39. The number of aryl methyl sites for hydroxylation is 1. The van der Waals surface area contributed by atoms with E-state index < -0.39 is 0 Å². The average Bonchev–Trinajstić information content (AvgIpc) is 3.39. The van der Waals surface area contributed by atoms with E-state index in [1.54, 1.807) is 0 Å². The molecule has 1 aliphatic heterocycles. The zero-order chi connectivity index (χ0) is 26.3.